The summed E-state index contributed by atoms with van der Waals surface area (Å²) in [6.45, 7) is 1.68. The van der Waals surface area contributed by atoms with E-state index in [0.29, 0.717) is 0 Å². The van der Waals surface area contributed by atoms with Crippen molar-refractivity contribution in [3.05, 3.63) is 0 Å². The summed E-state index contributed by atoms with van der Waals surface area (Å²) in [6.07, 6.45) is -4.71. The molecule has 3 N–H and O–H groups in total. The van der Waals surface area contributed by atoms with E-state index in [-0.39, 0.29) is 25.8 Å². The molecule has 0 radical (unpaired) electrons. The Labute approximate surface area is 103 Å². The number of rotatable bonds is 7. The van der Waals surface area contributed by atoms with Crippen molar-refractivity contribution in [2.24, 2.45) is 0 Å². The van der Waals surface area contributed by atoms with Crippen LogP contribution in [0.25, 0.3) is 0 Å². The number of carbonyl (C=O) groups is 2. The Balaban J connectivity index is 3.68. The minimum Gasteiger partial charge on any atom is -0.480 e. The van der Waals surface area contributed by atoms with E-state index >= 15 is 0 Å². The third-order valence-corrected chi connectivity index (χ3v) is 2.18. The quantitative estimate of drug-likeness (QED) is 0.618. The maximum atomic E-state index is 11.8. The first-order chi connectivity index (χ1) is 8.26. The van der Waals surface area contributed by atoms with E-state index in [4.69, 9.17) is 5.11 Å². The molecule has 0 aliphatic heterocycles. The molecular weight excluding hydrogens is 253 g/mol. The van der Waals surface area contributed by atoms with Crippen molar-refractivity contribution in [1.29, 1.82) is 0 Å². The lowest BCUT2D eigenvalue weighted by atomic mass is 10.2. The first-order valence-electron chi connectivity index (χ1n) is 5.60. The minimum absolute atomic E-state index is 0.0695. The summed E-state index contributed by atoms with van der Waals surface area (Å²) < 4.78 is 35.3. The van der Waals surface area contributed by atoms with Gasteiger partial charge in [0, 0.05) is 13.0 Å². The van der Waals surface area contributed by atoms with Crippen molar-refractivity contribution >= 4 is 12.0 Å². The average molecular weight is 270 g/mol. The zero-order valence-electron chi connectivity index (χ0n) is 10.0. The summed E-state index contributed by atoms with van der Waals surface area (Å²) in [5.41, 5.74) is 0. The number of carboxylic acid groups (broad SMARTS) is 1. The number of halogens is 3. The molecular formula is C10H17F3N2O3. The normalized spacial score (nSPS) is 12.9. The van der Waals surface area contributed by atoms with Crippen molar-refractivity contribution < 1.29 is 27.9 Å². The number of hydrogen-bond acceptors (Lipinski definition) is 2. The van der Waals surface area contributed by atoms with Gasteiger partial charge in [-0.05, 0) is 19.3 Å². The van der Waals surface area contributed by atoms with Crippen LogP contribution in [0.2, 0.25) is 0 Å². The predicted molar refractivity (Wildman–Crippen MR) is 58.2 cm³/mol. The Morgan fingerprint density at radius 2 is 1.89 bits per heavy atom. The highest BCUT2D eigenvalue weighted by Crippen LogP contribution is 2.21. The number of nitrogens with one attached hydrogen (secondary N) is 2. The van der Waals surface area contributed by atoms with E-state index in [1.54, 1.807) is 6.92 Å². The molecule has 0 saturated carbocycles. The number of urea groups is 1. The van der Waals surface area contributed by atoms with Gasteiger partial charge >= 0.3 is 18.2 Å². The average Bonchev–Trinajstić information content (AvgIpc) is 2.23. The van der Waals surface area contributed by atoms with Crippen molar-refractivity contribution in [3.63, 3.8) is 0 Å². The molecule has 0 heterocycles. The molecule has 0 spiro atoms. The van der Waals surface area contributed by atoms with Crippen LogP contribution in [-0.2, 0) is 4.79 Å². The second-order valence-electron chi connectivity index (χ2n) is 3.77. The zero-order chi connectivity index (χ0) is 14.2. The van der Waals surface area contributed by atoms with Crippen LogP contribution in [0.1, 0.15) is 32.6 Å². The van der Waals surface area contributed by atoms with Gasteiger partial charge in [-0.1, -0.05) is 6.92 Å². The van der Waals surface area contributed by atoms with Gasteiger partial charge in [0.2, 0.25) is 0 Å². The van der Waals surface area contributed by atoms with Crippen LogP contribution < -0.4 is 10.6 Å². The summed E-state index contributed by atoms with van der Waals surface area (Å²) in [6, 6.07) is -1.67. The first-order valence-corrected chi connectivity index (χ1v) is 5.60. The largest absolute Gasteiger partial charge is 0.480 e. The van der Waals surface area contributed by atoms with Crippen LogP contribution in [0.4, 0.5) is 18.0 Å². The highest BCUT2D eigenvalue weighted by molar-refractivity contribution is 5.82. The van der Waals surface area contributed by atoms with Crippen molar-refractivity contribution in [2.45, 2.75) is 44.8 Å². The van der Waals surface area contributed by atoms with Crippen molar-refractivity contribution in [3.8, 4) is 0 Å². The van der Waals surface area contributed by atoms with E-state index in [0.717, 1.165) is 0 Å². The molecule has 0 fully saturated rings. The number of unbranched alkanes of at least 4 members (excludes halogenated alkanes) is 1. The topological polar surface area (TPSA) is 78.4 Å². The maximum absolute atomic E-state index is 11.8. The molecule has 0 rings (SSSR count). The van der Waals surface area contributed by atoms with Gasteiger partial charge in [-0.15, -0.1) is 0 Å². The smallest absolute Gasteiger partial charge is 0.389 e. The maximum Gasteiger partial charge on any atom is 0.389 e. The number of carbonyl (C=O) groups excluding carboxylic acids is 1. The summed E-state index contributed by atoms with van der Waals surface area (Å²) in [4.78, 5) is 21.8. The van der Waals surface area contributed by atoms with Crippen LogP contribution in [0.15, 0.2) is 0 Å². The number of alkyl halides is 3. The Morgan fingerprint density at radius 1 is 1.28 bits per heavy atom. The molecule has 8 heteroatoms. The Morgan fingerprint density at radius 3 is 2.33 bits per heavy atom. The van der Waals surface area contributed by atoms with Crippen LogP contribution in [0, 0.1) is 0 Å². The summed E-state index contributed by atoms with van der Waals surface area (Å²) in [5, 5.41) is 13.2. The lowest BCUT2D eigenvalue weighted by Crippen LogP contribution is -2.45. The van der Waals surface area contributed by atoms with Gasteiger partial charge in [-0.3, -0.25) is 0 Å². The summed E-state index contributed by atoms with van der Waals surface area (Å²) >= 11 is 0. The molecule has 18 heavy (non-hydrogen) atoms. The molecule has 1 atom stereocenters. The molecule has 0 aromatic heterocycles. The number of amides is 2. The molecule has 0 aliphatic carbocycles. The molecule has 5 nitrogen and oxygen atoms in total. The zero-order valence-corrected chi connectivity index (χ0v) is 10.0. The molecule has 0 aliphatic rings. The number of hydrogen-bond donors (Lipinski definition) is 3. The van der Waals surface area contributed by atoms with Crippen LogP contribution in [0.3, 0.4) is 0 Å². The lowest BCUT2D eigenvalue weighted by Gasteiger charge is -2.13. The van der Waals surface area contributed by atoms with Crippen LogP contribution in [0.5, 0.6) is 0 Å². The van der Waals surface area contributed by atoms with E-state index in [2.05, 4.69) is 10.6 Å². The van der Waals surface area contributed by atoms with Gasteiger partial charge in [0.15, 0.2) is 0 Å². The molecule has 0 aromatic rings. The molecule has 0 aromatic carbocycles. The Hall–Kier alpha value is -1.47. The number of aliphatic carboxylic acids is 1. The minimum atomic E-state index is -4.18. The molecule has 0 saturated heterocycles. The third-order valence-electron chi connectivity index (χ3n) is 2.18. The molecule has 106 valence electrons. The fraction of sp³-hybridized carbons (Fsp3) is 0.800. The Bertz CT molecular complexity index is 282. The van der Waals surface area contributed by atoms with Gasteiger partial charge in [-0.2, -0.15) is 13.2 Å². The van der Waals surface area contributed by atoms with E-state index < -0.39 is 30.6 Å². The fourth-order valence-corrected chi connectivity index (χ4v) is 1.20. The molecule has 2 amide bonds. The van der Waals surface area contributed by atoms with Gasteiger partial charge < -0.3 is 15.7 Å². The standard InChI is InChI=1S/C10H17F3N2O3/c1-2-7(8(16)17)15-9(18)14-6-4-3-5-10(11,12)13/h7H,2-6H2,1H3,(H,16,17)(H2,14,15,18)/t7-/m1/s1. The van der Waals surface area contributed by atoms with E-state index in [1.807, 2.05) is 0 Å². The molecule has 0 bridgehead atoms. The van der Waals surface area contributed by atoms with Gasteiger partial charge in [0.25, 0.3) is 0 Å². The van der Waals surface area contributed by atoms with Crippen LogP contribution in [-0.4, -0.2) is 35.9 Å². The van der Waals surface area contributed by atoms with E-state index in [9.17, 15) is 22.8 Å². The lowest BCUT2D eigenvalue weighted by molar-refractivity contribution is -0.139. The van der Waals surface area contributed by atoms with Gasteiger partial charge in [0.05, 0.1) is 0 Å². The second-order valence-corrected chi connectivity index (χ2v) is 3.77. The number of carboxylic acids is 1. The van der Waals surface area contributed by atoms with Crippen molar-refractivity contribution in [2.75, 3.05) is 6.54 Å². The highest BCUT2D eigenvalue weighted by Gasteiger charge is 2.25. The second kappa shape index (κ2) is 7.78. The highest BCUT2D eigenvalue weighted by atomic mass is 19.4. The summed E-state index contributed by atoms with van der Waals surface area (Å²) in [7, 11) is 0. The third kappa shape index (κ3) is 8.66. The van der Waals surface area contributed by atoms with E-state index in [1.165, 1.54) is 0 Å². The Kier molecular flexibility index (Phi) is 7.14. The first kappa shape index (κ1) is 16.5. The molecule has 0 unspecified atom stereocenters. The van der Waals surface area contributed by atoms with Gasteiger partial charge in [-0.25, -0.2) is 9.59 Å². The predicted octanol–water partition coefficient (Wildman–Crippen LogP) is 1.88. The SMILES string of the molecule is CC[C@@H](NC(=O)NCCCCC(F)(F)F)C(=O)O. The van der Waals surface area contributed by atoms with Crippen LogP contribution >= 0.6 is 0 Å². The fourth-order valence-electron chi connectivity index (χ4n) is 1.20. The van der Waals surface area contributed by atoms with Gasteiger partial charge in [0.1, 0.15) is 6.04 Å². The van der Waals surface area contributed by atoms with Crippen molar-refractivity contribution in [1.82, 2.24) is 10.6 Å². The monoisotopic (exact) mass is 270 g/mol. The summed E-state index contributed by atoms with van der Waals surface area (Å²) in [5.74, 6) is -1.15.